The molecule has 2 unspecified atom stereocenters. The number of rotatable bonds is 7. The second-order valence-electron chi connectivity index (χ2n) is 8.12. The van der Waals surface area contributed by atoms with Gasteiger partial charge in [-0.25, -0.2) is 4.39 Å². The molecular formula is C24H29FN2O4. The summed E-state index contributed by atoms with van der Waals surface area (Å²) in [5.41, 5.74) is 1.25. The molecule has 166 valence electrons. The Hall–Kier alpha value is -3.09. The van der Waals surface area contributed by atoms with E-state index in [9.17, 15) is 14.0 Å². The maximum Gasteiger partial charge on any atom is 0.252 e. The van der Waals surface area contributed by atoms with Crippen molar-refractivity contribution < 1.29 is 23.5 Å². The molecule has 0 bridgehead atoms. The van der Waals surface area contributed by atoms with Crippen molar-refractivity contribution in [3.05, 3.63) is 59.4 Å². The Morgan fingerprint density at radius 3 is 2.35 bits per heavy atom. The number of amides is 2. The molecule has 2 aromatic rings. The van der Waals surface area contributed by atoms with Gasteiger partial charge in [0, 0.05) is 30.6 Å². The summed E-state index contributed by atoms with van der Waals surface area (Å²) >= 11 is 0. The van der Waals surface area contributed by atoms with Crippen molar-refractivity contribution >= 4 is 11.8 Å². The highest BCUT2D eigenvalue weighted by atomic mass is 19.1. The first-order chi connectivity index (χ1) is 14.8. The molecule has 1 aliphatic heterocycles. The summed E-state index contributed by atoms with van der Waals surface area (Å²) in [7, 11) is 3.03. The fourth-order valence-electron chi connectivity index (χ4n) is 3.87. The van der Waals surface area contributed by atoms with E-state index >= 15 is 0 Å². The molecule has 1 aliphatic rings. The van der Waals surface area contributed by atoms with Gasteiger partial charge in [0.25, 0.3) is 5.91 Å². The molecule has 0 radical (unpaired) electrons. The highest BCUT2D eigenvalue weighted by Crippen LogP contribution is 2.29. The minimum Gasteiger partial charge on any atom is -0.497 e. The molecule has 0 spiro atoms. The largest absolute Gasteiger partial charge is 0.497 e. The maximum atomic E-state index is 13.6. The van der Waals surface area contributed by atoms with Crippen molar-refractivity contribution in [2.75, 3.05) is 27.3 Å². The van der Waals surface area contributed by atoms with Gasteiger partial charge in [-0.2, -0.15) is 0 Å². The van der Waals surface area contributed by atoms with E-state index in [1.165, 1.54) is 26.4 Å². The highest BCUT2D eigenvalue weighted by Gasteiger charge is 2.34. The summed E-state index contributed by atoms with van der Waals surface area (Å²) in [4.78, 5) is 27.9. The minimum atomic E-state index is -0.670. The van der Waals surface area contributed by atoms with E-state index in [1.807, 2.05) is 19.9 Å². The fourth-order valence-corrected chi connectivity index (χ4v) is 3.87. The molecule has 2 atom stereocenters. The highest BCUT2D eigenvalue weighted by molar-refractivity contribution is 5.98. The summed E-state index contributed by atoms with van der Waals surface area (Å²) < 4.78 is 24.0. The number of halogens is 1. The molecule has 0 aromatic heterocycles. The lowest BCUT2D eigenvalue weighted by molar-refractivity contribution is -0.133. The summed E-state index contributed by atoms with van der Waals surface area (Å²) in [6.07, 6.45) is 0.765. The van der Waals surface area contributed by atoms with Crippen LogP contribution < -0.4 is 14.8 Å². The third kappa shape index (κ3) is 5.34. The fraction of sp³-hybridized carbons (Fsp3) is 0.417. The predicted octanol–water partition coefficient (Wildman–Crippen LogP) is 3.61. The standard InChI is InChI=1S/C24H29FN2O4/c1-15(2)22(26-23(28)18-11-20(30-3)13-21(12-18)31-4)24(29)27-9-8-17(14-27)16-6-5-7-19(25)10-16/h5-7,10-13,15,17,22H,8-9,14H2,1-4H3,(H,26,28). The van der Waals surface area contributed by atoms with E-state index in [4.69, 9.17) is 9.47 Å². The number of benzene rings is 2. The number of nitrogens with one attached hydrogen (secondary N) is 1. The van der Waals surface area contributed by atoms with E-state index in [0.717, 1.165) is 12.0 Å². The van der Waals surface area contributed by atoms with Crippen molar-refractivity contribution in [3.8, 4) is 11.5 Å². The van der Waals surface area contributed by atoms with E-state index in [0.29, 0.717) is 30.2 Å². The van der Waals surface area contributed by atoms with Crippen LogP contribution in [0.2, 0.25) is 0 Å². The van der Waals surface area contributed by atoms with Gasteiger partial charge >= 0.3 is 0 Å². The first-order valence-corrected chi connectivity index (χ1v) is 10.4. The number of likely N-dealkylation sites (tertiary alicyclic amines) is 1. The lowest BCUT2D eigenvalue weighted by Crippen LogP contribution is -2.50. The van der Waals surface area contributed by atoms with Crippen LogP contribution in [0.5, 0.6) is 11.5 Å². The SMILES string of the molecule is COc1cc(OC)cc(C(=O)NC(C(=O)N2CCC(c3cccc(F)c3)C2)C(C)C)c1. The van der Waals surface area contributed by atoms with Gasteiger partial charge in [0.05, 0.1) is 14.2 Å². The van der Waals surface area contributed by atoms with Crippen LogP contribution in [0.4, 0.5) is 4.39 Å². The number of carbonyl (C=O) groups excluding carboxylic acids is 2. The molecule has 0 aliphatic carbocycles. The molecule has 3 rings (SSSR count). The first kappa shape index (κ1) is 22.6. The van der Waals surface area contributed by atoms with Gasteiger partial charge in [-0.1, -0.05) is 26.0 Å². The topological polar surface area (TPSA) is 67.9 Å². The Morgan fingerprint density at radius 1 is 1.10 bits per heavy atom. The van der Waals surface area contributed by atoms with Gasteiger partial charge in [0.2, 0.25) is 5.91 Å². The Bertz CT molecular complexity index is 925. The number of carbonyl (C=O) groups is 2. The normalized spacial score (nSPS) is 16.8. The maximum absolute atomic E-state index is 13.6. The number of hydrogen-bond donors (Lipinski definition) is 1. The molecule has 1 saturated heterocycles. The molecule has 2 aromatic carbocycles. The Balaban J connectivity index is 1.72. The van der Waals surface area contributed by atoms with Crippen molar-refractivity contribution in [2.24, 2.45) is 5.92 Å². The van der Waals surface area contributed by atoms with Gasteiger partial charge in [0.15, 0.2) is 0 Å². The predicted molar refractivity (Wildman–Crippen MR) is 116 cm³/mol. The Morgan fingerprint density at radius 2 is 1.77 bits per heavy atom. The third-order valence-electron chi connectivity index (χ3n) is 5.65. The van der Waals surface area contributed by atoms with E-state index in [2.05, 4.69) is 5.32 Å². The molecule has 6 nitrogen and oxygen atoms in total. The molecule has 1 heterocycles. The zero-order valence-electron chi connectivity index (χ0n) is 18.4. The second-order valence-corrected chi connectivity index (χ2v) is 8.12. The Labute approximate surface area is 182 Å². The van der Waals surface area contributed by atoms with Crippen LogP contribution in [-0.4, -0.2) is 50.1 Å². The van der Waals surface area contributed by atoms with Crippen LogP contribution in [0.25, 0.3) is 0 Å². The van der Waals surface area contributed by atoms with Gasteiger partial charge in [-0.05, 0) is 42.2 Å². The number of hydrogen-bond acceptors (Lipinski definition) is 4. The number of ether oxygens (including phenoxy) is 2. The van der Waals surface area contributed by atoms with Crippen LogP contribution in [0.1, 0.15) is 42.1 Å². The third-order valence-corrected chi connectivity index (χ3v) is 5.65. The lowest BCUT2D eigenvalue weighted by Gasteiger charge is -2.27. The van der Waals surface area contributed by atoms with Crippen molar-refractivity contribution in [2.45, 2.75) is 32.2 Å². The van der Waals surface area contributed by atoms with Crippen LogP contribution >= 0.6 is 0 Å². The van der Waals surface area contributed by atoms with Crippen molar-refractivity contribution in [3.63, 3.8) is 0 Å². The summed E-state index contributed by atoms with van der Waals surface area (Å²) in [6, 6.07) is 10.7. The van der Waals surface area contributed by atoms with Gasteiger partial charge in [-0.15, -0.1) is 0 Å². The molecule has 2 amide bonds. The minimum absolute atomic E-state index is 0.0887. The quantitative estimate of drug-likeness (QED) is 0.732. The Kier molecular flexibility index (Phi) is 7.15. The summed E-state index contributed by atoms with van der Waals surface area (Å²) in [5.74, 6) is 0.206. The average molecular weight is 429 g/mol. The first-order valence-electron chi connectivity index (χ1n) is 10.4. The van der Waals surface area contributed by atoms with Crippen LogP contribution in [-0.2, 0) is 4.79 Å². The lowest BCUT2D eigenvalue weighted by atomic mass is 9.98. The van der Waals surface area contributed by atoms with Crippen LogP contribution in [0.15, 0.2) is 42.5 Å². The number of nitrogens with zero attached hydrogens (tertiary/aromatic N) is 1. The number of methoxy groups -OCH3 is 2. The summed E-state index contributed by atoms with van der Waals surface area (Å²) in [6.45, 7) is 4.88. The zero-order valence-corrected chi connectivity index (χ0v) is 18.4. The van der Waals surface area contributed by atoms with Crippen molar-refractivity contribution in [1.82, 2.24) is 10.2 Å². The molecule has 31 heavy (non-hydrogen) atoms. The summed E-state index contributed by atoms with van der Waals surface area (Å²) in [5, 5.41) is 2.87. The van der Waals surface area contributed by atoms with Gasteiger partial charge in [-0.3, -0.25) is 9.59 Å². The van der Waals surface area contributed by atoms with E-state index < -0.39 is 6.04 Å². The zero-order chi connectivity index (χ0) is 22.5. The molecule has 1 N–H and O–H groups in total. The van der Waals surface area contributed by atoms with Crippen LogP contribution in [0, 0.1) is 11.7 Å². The average Bonchev–Trinajstić information content (AvgIpc) is 3.26. The van der Waals surface area contributed by atoms with Crippen molar-refractivity contribution in [1.29, 1.82) is 0 Å². The van der Waals surface area contributed by atoms with Crippen LogP contribution in [0.3, 0.4) is 0 Å². The molecular weight excluding hydrogens is 399 g/mol. The van der Waals surface area contributed by atoms with E-state index in [1.54, 1.807) is 29.2 Å². The second kappa shape index (κ2) is 9.81. The van der Waals surface area contributed by atoms with Gasteiger partial charge < -0.3 is 19.7 Å². The smallest absolute Gasteiger partial charge is 0.252 e. The monoisotopic (exact) mass is 428 g/mol. The van der Waals surface area contributed by atoms with Gasteiger partial charge in [0.1, 0.15) is 23.4 Å². The molecule has 1 fully saturated rings. The molecule has 0 saturated carbocycles. The van der Waals surface area contributed by atoms with E-state index in [-0.39, 0.29) is 29.5 Å². The molecule has 7 heteroatoms.